The van der Waals surface area contributed by atoms with Crippen molar-refractivity contribution >= 4 is 11.6 Å². The Balaban J connectivity index is 2.16. The van der Waals surface area contributed by atoms with Gasteiger partial charge in [0.05, 0.1) is 0 Å². The van der Waals surface area contributed by atoms with Crippen molar-refractivity contribution in [3.8, 4) is 0 Å². The molecule has 1 aliphatic rings. The molecule has 0 aromatic heterocycles. The van der Waals surface area contributed by atoms with E-state index in [0.29, 0.717) is 23.2 Å². The molecule has 100 valence electrons. The second kappa shape index (κ2) is 6.00. The van der Waals surface area contributed by atoms with Crippen LogP contribution in [0.5, 0.6) is 0 Å². The van der Waals surface area contributed by atoms with E-state index in [1.54, 1.807) is 12.1 Å². The maximum Gasteiger partial charge on any atom is 0.129 e. The maximum atomic E-state index is 13.8. The monoisotopic (exact) mass is 270 g/mol. The first-order chi connectivity index (χ1) is 8.59. The topological polar surface area (TPSA) is 29.3 Å². The van der Waals surface area contributed by atoms with Gasteiger partial charge in [-0.2, -0.15) is 0 Å². The van der Waals surface area contributed by atoms with E-state index in [0.717, 1.165) is 19.4 Å². The summed E-state index contributed by atoms with van der Waals surface area (Å²) in [4.78, 5) is 2.26. The SMILES string of the molecule is CC(N)C1CCCCN1Cc1c(F)cccc1Cl. The number of rotatable bonds is 3. The van der Waals surface area contributed by atoms with Crippen LogP contribution < -0.4 is 5.73 Å². The molecular weight excluding hydrogens is 251 g/mol. The number of benzene rings is 1. The second-order valence-electron chi connectivity index (χ2n) is 5.09. The Kier molecular flexibility index (Phi) is 4.60. The number of halogens is 2. The summed E-state index contributed by atoms with van der Waals surface area (Å²) >= 11 is 6.08. The Morgan fingerprint density at radius 1 is 1.50 bits per heavy atom. The summed E-state index contributed by atoms with van der Waals surface area (Å²) in [6.07, 6.45) is 3.44. The number of piperidine rings is 1. The molecule has 2 unspecified atom stereocenters. The maximum absolute atomic E-state index is 13.8. The highest BCUT2D eigenvalue weighted by atomic mass is 35.5. The van der Waals surface area contributed by atoms with E-state index in [2.05, 4.69) is 4.90 Å². The highest BCUT2D eigenvalue weighted by Gasteiger charge is 2.26. The van der Waals surface area contributed by atoms with Crippen molar-refractivity contribution < 1.29 is 4.39 Å². The lowest BCUT2D eigenvalue weighted by molar-refractivity contribution is 0.121. The van der Waals surface area contributed by atoms with Crippen molar-refractivity contribution in [1.82, 2.24) is 4.90 Å². The van der Waals surface area contributed by atoms with Crippen LogP contribution in [0.15, 0.2) is 18.2 Å². The minimum absolute atomic E-state index is 0.107. The third kappa shape index (κ3) is 3.02. The van der Waals surface area contributed by atoms with Gasteiger partial charge in [0, 0.05) is 29.2 Å². The van der Waals surface area contributed by atoms with Gasteiger partial charge in [0.1, 0.15) is 5.82 Å². The first-order valence-corrected chi connectivity index (χ1v) is 6.90. The zero-order valence-electron chi connectivity index (χ0n) is 10.7. The molecule has 1 aromatic rings. The van der Waals surface area contributed by atoms with E-state index in [4.69, 9.17) is 17.3 Å². The third-order valence-electron chi connectivity index (χ3n) is 3.69. The molecule has 0 saturated carbocycles. The van der Waals surface area contributed by atoms with Gasteiger partial charge < -0.3 is 5.73 Å². The molecule has 2 atom stereocenters. The van der Waals surface area contributed by atoms with Crippen molar-refractivity contribution in [2.24, 2.45) is 5.73 Å². The van der Waals surface area contributed by atoms with Crippen LogP contribution in [0.25, 0.3) is 0 Å². The Bertz CT molecular complexity index is 389. The molecule has 1 heterocycles. The predicted octanol–water partition coefficient (Wildman–Crippen LogP) is 3.18. The summed E-state index contributed by atoms with van der Waals surface area (Å²) in [6.45, 7) is 3.54. The fourth-order valence-electron chi connectivity index (χ4n) is 2.69. The molecule has 0 amide bonds. The largest absolute Gasteiger partial charge is 0.327 e. The molecule has 0 spiro atoms. The molecule has 1 aliphatic heterocycles. The molecule has 1 fully saturated rings. The summed E-state index contributed by atoms with van der Waals surface area (Å²) in [7, 11) is 0. The standard InChI is InChI=1S/C14H20ClFN2/c1-10(17)14-7-2-3-8-18(14)9-11-12(15)5-4-6-13(11)16/h4-6,10,14H,2-3,7-9,17H2,1H3. The molecule has 0 bridgehead atoms. The van der Waals surface area contributed by atoms with Gasteiger partial charge in [-0.1, -0.05) is 24.1 Å². The number of hydrogen-bond donors (Lipinski definition) is 1. The van der Waals surface area contributed by atoms with E-state index in [-0.39, 0.29) is 11.9 Å². The van der Waals surface area contributed by atoms with Gasteiger partial charge in [-0.3, -0.25) is 4.90 Å². The van der Waals surface area contributed by atoms with E-state index in [9.17, 15) is 4.39 Å². The minimum atomic E-state index is -0.225. The van der Waals surface area contributed by atoms with Crippen LogP contribution >= 0.6 is 11.6 Å². The molecule has 1 saturated heterocycles. The number of likely N-dealkylation sites (tertiary alicyclic amines) is 1. The summed E-state index contributed by atoms with van der Waals surface area (Å²) < 4.78 is 13.8. The number of nitrogens with zero attached hydrogens (tertiary/aromatic N) is 1. The predicted molar refractivity (Wildman–Crippen MR) is 73.1 cm³/mol. The molecule has 2 nitrogen and oxygen atoms in total. The fraction of sp³-hybridized carbons (Fsp3) is 0.571. The normalized spacial score (nSPS) is 23.0. The summed E-state index contributed by atoms with van der Waals surface area (Å²) in [5.41, 5.74) is 6.61. The van der Waals surface area contributed by atoms with Gasteiger partial charge in [0.2, 0.25) is 0 Å². The summed E-state index contributed by atoms with van der Waals surface area (Å²) in [5.74, 6) is -0.225. The minimum Gasteiger partial charge on any atom is -0.327 e. The van der Waals surface area contributed by atoms with Crippen LogP contribution in [0, 0.1) is 5.82 Å². The van der Waals surface area contributed by atoms with Gasteiger partial charge >= 0.3 is 0 Å². The van der Waals surface area contributed by atoms with Crippen LogP contribution in [0.2, 0.25) is 5.02 Å². The van der Waals surface area contributed by atoms with Gasteiger partial charge in [-0.25, -0.2) is 4.39 Å². The van der Waals surface area contributed by atoms with Crippen molar-refractivity contribution in [1.29, 1.82) is 0 Å². The van der Waals surface area contributed by atoms with Crippen molar-refractivity contribution in [2.75, 3.05) is 6.54 Å². The lowest BCUT2D eigenvalue weighted by Gasteiger charge is -2.38. The summed E-state index contributed by atoms with van der Waals surface area (Å²) in [5, 5.41) is 0.504. The average molecular weight is 271 g/mol. The van der Waals surface area contributed by atoms with Gasteiger partial charge in [0.15, 0.2) is 0 Å². The van der Waals surface area contributed by atoms with Crippen LogP contribution in [0.3, 0.4) is 0 Å². The van der Waals surface area contributed by atoms with Crippen LogP contribution in [-0.4, -0.2) is 23.5 Å². The Labute approximate surface area is 113 Å². The highest BCUT2D eigenvalue weighted by Crippen LogP contribution is 2.26. The van der Waals surface area contributed by atoms with Crippen LogP contribution in [0.1, 0.15) is 31.7 Å². The molecule has 0 radical (unpaired) electrons. The molecule has 2 N–H and O–H groups in total. The van der Waals surface area contributed by atoms with Crippen molar-refractivity contribution in [2.45, 2.75) is 44.8 Å². The van der Waals surface area contributed by atoms with Crippen LogP contribution in [-0.2, 0) is 6.54 Å². The molecule has 4 heteroatoms. The molecular formula is C14H20ClFN2. The van der Waals surface area contributed by atoms with Crippen molar-refractivity contribution in [3.63, 3.8) is 0 Å². The molecule has 1 aromatic carbocycles. The number of hydrogen-bond acceptors (Lipinski definition) is 2. The molecule has 2 rings (SSSR count). The molecule has 0 aliphatic carbocycles. The van der Waals surface area contributed by atoms with E-state index >= 15 is 0 Å². The lowest BCUT2D eigenvalue weighted by Crippen LogP contribution is -2.48. The smallest absolute Gasteiger partial charge is 0.129 e. The highest BCUT2D eigenvalue weighted by molar-refractivity contribution is 6.31. The fourth-order valence-corrected chi connectivity index (χ4v) is 2.92. The zero-order valence-corrected chi connectivity index (χ0v) is 11.5. The third-order valence-corrected chi connectivity index (χ3v) is 4.05. The van der Waals surface area contributed by atoms with E-state index < -0.39 is 0 Å². The zero-order chi connectivity index (χ0) is 13.1. The van der Waals surface area contributed by atoms with E-state index in [1.165, 1.54) is 12.5 Å². The lowest BCUT2D eigenvalue weighted by atomic mass is 9.96. The first kappa shape index (κ1) is 13.8. The van der Waals surface area contributed by atoms with Crippen molar-refractivity contribution in [3.05, 3.63) is 34.6 Å². The Morgan fingerprint density at radius 3 is 2.94 bits per heavy atom. The molecule has 18 heavy (non-hydrogen) atoms. The first-order valence-electron chi connectivity index (χ1n) is 6.52. The number of nitrogens with two attached hydrogens (primary N) is 1. The van der Waals surface area contributed by atoms with E-state index in [1.807, 2.05) is 6.92 Å². The van der Waals surface area contributed by atoms with Crippen LogP contribution in [0.4, 0.5) is 4.39 Å². The summed E-state index contributed by atoms with van der Waals surface area (Å²) in [6, 6.07) is 5.28. The average Bonchev–Trinajstić information content (AvgIpc) is 2.34. The van der Waals surface area contributed by atoms with Gasteiger partial charge in [-0.15, -0.1) is 0 Å². The van der Waals surface area contributed by atoms with Gasteiger partial charge in [-0.05, 0) is 38.4 Å². The Hall–Kier alpha value is -0.640. The Morgan fingerprint density at radius 2 is 2.28 bits per heavy atom. The van der Waals surface area contributed by atoms with Gasteiger partial charge in [0.25, 0.3) is 0 Å². The second-order valence-corrected chi connectivity index (χ2v) is 5.50. The quantitative estimate of drug-likeness (QED) is 0.914.